The third kappa shape index (κ3) is 3.77. The average Bonchev–Trinajstić information content (AvgIpc) is 2.36. The van der Waals surface area contributed by atoms with Crippen LogP contribution in [0.5, 0.6) is 0 Å². The summed E-state index contributed by atoms with van der Waals surface area (Å²) in [6, 6.07) is 3.01. The highest BCUT2D eigenvalue weighted by molar-refractivity contribution is 9.10. The zero-order valence-electron chi connectivity index (χ0n) is 12.0. The summed E-state index contributed by atoms with van der Waals surface area (Å²) >= 11 is 3.40. The van der Waals surface area contributed by atoms with E-state index in [4.69, 9.17) is 4.74 Å². The lowest BCUT2D eigenvalue weighted by Gasteiger charge is -2.15. The first-order valence-corrected chi connectivity index (χ1v) is 11.1. The van der Waals surface area contributed by atoms with Gasteiger partial charge in [-0.05, 0) is 28.0 Å². The molecule has 2 rings (SSSR count). The van der Waals surface area contributed by atoms with Crippen LogP contribution >= 0.6 is 15.9 Å². The molecule has 0 fully saturated rings. The van der Waals surface area contributed by atoms with Crippen molar-refractivity contribution >= 4 is 34.8 Å². The van der Waals surface area contributed by atoms with Crippen molar-refractivity contribution in [3.63, 3.8) is 0 Å². The largest absolute Gasteiger partial charge is 0.361 e. The van der Waals surface area contributed by atoms with E-state index >= 15 is 0 Å². The highest BCUT2D eigenvalue weighted by atomic mass is 79.9. The van der Waals surface area contributed by atoms with Crippen LogP contribution in [0, 0.1) is 0 Å². The first-order chi connectivity index (χ1) is 9.38. The molecule has 2 heterocycles. The molecule has 20 heavy (non-hydrogen) atoms. The summed E-state index contributed by atoms with van der Waals surface area (Å²) in [5.74, 6) is 0. The van der Waals surface area contributed by atoms with Gasteiger partial charge in [0, 0.05) is 43.1 Å². The van der Waals surface area contributed by atoms with Crippen LogP contribution in [-0.2, 0) is 11.5 Å². The van der Waals surface area contributed by atoms with Gasteiger partial charge in [-0.3, -0.25) is 14.3 Å². The fourth-order valence-electron chi connectivity index (χ4n) is 1.81. The second-order valence-corrected chi connectivity index (χ2v) is 12.5. The Hall–Kier alpha value is -0.983. The molecule has 0 saturated heterocycles. The minimum Gasteiger partial charge on any atom is -0.361 e. The van der Waals surface area contributed by atoms with Gasteiger partial charge in [0.1, 0.15) is 6.73 Å². The third-order valence-corrected chi connectivity index (χ3v) is 5.41. The number of aromatic nitrogens is 2. The van der Waals surface area contributed by atoms with Crippen LogP contribution in [0.25, 0.3) is 10.8 Å². The number of hydrogen-bond acceptors (Lipinski definition) is 3. The fraction of sp³-hybridized carbons (Fsp3) is 0.429. The Morgan fingerprint density at radius 2 is 2.05 bits per heavy atom. The van der Waals surface area contributed by atoms with Crippen molar-refractivity contribution < 1.29 is 4.74 Å². The van der Waals surface area contributed by atoms with E-state index in [1.807, 2.05) is 6.07 Å². The van der Waals surface area contributed by atoms with Crippen LogP contribution in [0.4, 0.5) is 0 Å². The Kier molecular flexibility index (Phi) is 4.77. The highest BCUT2D eigenvalue weighted by Crippen LogP contribution is 2.19. The van der Waals surface area contributed by atoms with Crippen molar-refractivity contribution in [1.29, 1.82) is 0 Å². The first kappa shape index (κ1) is 15.4. The number of pyridine rings is 2. The molecule has 0 N–H and O–H groups in total. The third-order valence-electron chi connectivity index (χ3n) is 3.08. The average molecular weight is 355 g/mol. The molecule has 0 bridgehead atoms. The first-order valence-electron chi connectivity index (χ1n) is 6.59. The summed E-state index contributed by atoms with van der Waals surface area (Å²) in [6.07, 6.45) is 5.06. The molecule has 0 spiro atoms. The Morgan fingerprint density at radius 3 is 2.75 bits per heavy atom. The van der Waals surface area contributed by atoms with Crippen LogP contribution in [0.3, 0.4) is 0 Å². The molecule has 2 aromatic rings. The van der Waals surface area contributed by atoms with E-state index in [2.05, 4.69) is 40.6 Å². The maximum absolute atomic E-state index is 12.3. The van der Waals surface area contributed by atoms with Crippen molar-refractivity contribution in [2.75, 3.05) is 6.61 Å². The van der Waals surface area contributed by atoms with Crippen LogP contribution < -0.4 is 5.56 Å². The number of halogens is 1. The minimum absolute atomic E-state index is 0.0655. The number of hydrogen-bond donors (Lipinski definition) is 0. The lowest BCUT2D eigenvalue weighted by Crippen LogP contribution is -2.24. The zero-order chi connectivity index (χ0) is 14.8. The molecule has 2 aromatic heterocycles. The Morgan fingerprint density at radius 1 is 1.30 bits per heavy atom. The summed E-state index contributed by atoms with van der Waals surface area (Å²) in [5, 5.41) is 1.49. The second-order valence-electron chi connectivity index (χ2n) is 6.02. The lowest BCUT2D eigenvalue weighted by atomic mass is 10.2. The number of rotatable bonds is 5. The number of ether oxygens (including phenoxy) is 1. The van der Waals surface area contributed by atoms with Gasteiger partial charge in [0.15, 0.2) is 0 Å². The predicted molar refractivity (Wildman–Crippen MR) is 87.8 cm³/mol. The van der Waals surface area contributed by atoms with Gasteiger partial charge in [0.05, 0.1) is 5.39 Å². The monoisotopic (exact) mass is 354 g/mol. The molecule has 0 aliphatic heterocycles. The minimum atomic E-state index is -1.09. The van der Waals surface area contributed by atoms with E-state index in [-0.39, 0.29) is 5.56 Å². The van der Waals surface area contributed by atoms with Crippen LogP contribution in [0.15, 0.2) is 33.9 Å². The van der Waals surface area contributed by atoms with Gasteiger partial charge in [0.2, 0.25) is 0 Å². The van der Waals surface area contributed by atoms with Gasteiger partial charge in [-0.15, -0.1) is 0 Å². The smallest absolute Gasteiger partial charge is 0.261 e. The lowest BCUT2D eigenvalue weighted by molar-refractivity contribution is 0.0851. The van der Waals surface area contributed by atoms with Crippen molar-refractivity contribution in [1.82, 2.24) is 9.55 Å². The van der Waals surface area contributed by atoms with Crippen molar-refractivity contribution in [3.05, 3.63) is 39.5 Å². The Balaban J connectivity index is 2.12. The molecule has 0 radical (unpaired) electrons. The molecule has 0 amide bonds. The summed E-state index contributed by atoms with van der Waals surface area (Å²) in [5.41, 5.74) is -0.0655. The highest BCUT2D eigenvalue weighted by Gasteiger charge is 2.12. The van der Waals surface area contributed by atoms with Gasteiger partial charge in [0.25, 0.3) is 5.56 Å². The molecule has 0 aromatic carbocycles. The van der Waals surface area contributed by atoms with E-state index in [1.165, 1.54) is 0 Å². The van der Waals surface area contributed by atoms with Crippen molar-refractivity contribution in [3.8, 4) is 0 Å². The maximum Gasteiger partial charge on any atom is 0.261 e. The van der Waals surface area contributed by atoms with Gasteiger partial charge >= 0.3 is 0 Å². The SMILES string of the molecule is C[Si](C)(C)CCOCn1ccc2c(Br)cncc2c1=O. The van der Waals surface area contributed by atoms with Gasteiger partial charge in [-0.25, -0.2) is 0 Å². The van der Waals surface area contributed by atoms with Gasteiger partial charge < -0.3 is 4.74 Å². The predicted octanol–water partition coefficient (Wildman–Crippen LogP) is 3.47. The second kappa shape index (κ2) is 6.20. The quantitative estimate of drug-likeness (QED) is 0.609. The summed E-state index contributed by atoms with van der Waals surface area (Å²) < 4.78 is 8.04. The fourth-order valence-corrected chi connectivity index (χ4v) is 3.04. The molecule has 108 valence electrons. The molecule has 0 unspecified atom stereocenters. The molecule has 0 saturated carbocycles. The van der Waals surface area contributed by atoms with E-state index in [0.717, 1.165) is 15.9 Å². The van der Waals surface area contributed by atoms with Crippen LogP contribution in [-0.4, -0.2) is 24.2 Å². The van der Waals surface area contributed by atoms with E-state index < -0.39 is 8.07 Å². The zero-order valence-corrected chi connectivity index (χ0v) is 14.6. The summed E-state index contributed by atoms with van der Waals surface area (Å²) in [4.78, 5) is 16.4. The number of nitrogens with zero attached hydrogens (tertiary/aromatic N) is 2. The molecular formula is C14H19BrN2O2Si. The topological polar surface area (TPSA) is 44.1 Å². The summed E-state index contributed by atoms with van der Waals surface area (Å²) in [7, 11) is -1.09. The molecule has 6 heteroatoms. The van der Waals surface area contributed by atoms with Gasteiger partial charge in [-0.2, -0.15) is 0 Å². The molecule has 0 aliphatic rings. The summed E-state index contributed by atoms with van der Waals surface area (Å²) in [6.45, 7) is 7.92. The molecular weight excluding hydrogens is 336 g/mol. The van der Waals surface area contributed by atoms with Crippen LogP contribution in [0.2, 0.25) is 25.7 Å². The molecule has 4 nitrogen and oxygen atoms in total. The normalized spacial score (nSPS) is 12.0. The maximum atomic E-state index is 12.3. The molecule has 0 aliphatic carbocycles. The number of fused-ring (bicyclic) bond motifs is 1. The van der Waals surface area contributed by atoms with E-state index in [1.54, 1.807) is 23.2 Å². The van der Waals surface area contributed by atoms with E-state index in [9.17, 15) is 4.79 Å². The molecule has 0 atom stereocenters. The van der Waals surface area contributed by atoms with Crippen molar-refractivity contribution in [2.24, 2.45) is 0 Å². The van der Waals surface area contributed by atoms with Crippen molar-refractivity contribution in [2.45, 2.75) is 32.4 Å². The van der Waals surface area contributed by atoms with Gasteiger partial charge in [-0.1, -0.05) is 19.6 Å². The Bertz CT molecular complexity index is 664. The Labute approximate surface area is 127 Å². The standard InChI is InChI=1S/C14H19BrN2O2Si/c1-20(2,3)7-6-19-10-17-5-4-11-12(14(17)18)8-16-9-13(11)15/h4-5,8-9H,6-7,10H2,1-3H3. The van der Waals surface area contributed by atoms with Crippen LogP contribution in [0.1, 0.15) is 0 Å². The van der Waals surface area contributed by atoms with E-state index in [0.29, 0.717) is 18.7 Å².